The molecule has 2 fully saturated rings. The molecule has 0 aromatic heterocycles. The lowest BCUT2D eigenvalue weighted by Crippen LogP contribution is -2.50. The Balaban J connectivity index is 1.82. The van der Waals surface area contributed by atoms with Gasteiger partial charge in [0, 0.05) is 11.8 Å². The van der Waals surface area contributed by atoms with Crippen molar-refractivity contribution in [2.45, 2.75) is 58.5 Å². The number of hydrazine groups is 1. The van der Waals surface area contributed by atoms with Crippen LogP contribution in [0, 0.1) is 22.7 Å². The van der Waals surface area contributed by atoms with E-state index in [2.05, 4.69) is 26.8 Å². The first-order valence-electron chi connectivity index (χ1n) is 8.11. The van der Waals surface area contributed by atoms with Crippen molar-refractivity contribution >= 4 is 17.7 Å². The van der Waals surface area contributed by atoms with E-state index in [0.29, 0.717) is 23.1 Å². The van der Waals surface area contributed by atoms with Gasteiger partial charge in [0.25, 0.3) is 0 Å². The summed E-state index contributed by atoms with van der Waals surface area (Å²) in [4.78, 5) is 14.0. The number of thioether (sulfide) groups is 1. The first-order valence-corrected chi connectivity index (χ1v) is 9.26. The summed E-state index contributed by atoms with van der Waals surface area (Å²) in [5.41, 5.74) is 0.354. The van der Waals surface area contributed by atoms with E-state index in [4.69, 9.17) is 11.1 Å². The lowest BCUT2D eigenvalue weighted by Gasteiger charge is -2.39. The third-order valence-electron chi connectivity index (χ3n) is 5.06. The van der Waals surface area contributed by atoms with Crippen LogP contribution in [0.25, 0.3) is 0 Å². The highest BCUT2D eigenvalue weighted by Crippen LogP contribution is 2.38. The molecule has 1 atom stereocenters. The van der Waals surface area contributed by atoms with Crippen LogP contribution in [0.3, 0.4) is 0 Å². The fourth-order valence-corrected chi connectivity index (χ4v) is 4.55. The van der Waals surface area contributed by atoms with Crippen LogP contribution in [0.4, 0.5) is 0 Å². The van der Waals surface area contributed by atoms with Crippen LogP contribution in [0.5, 0.6) is 0 Å². The monoisotopic (exact) mass is 324 g/mol. The van der Waals surface area contributed by atoms with Crippen LogP contribution in [0.2, 0.25) is 0 Å². The Bertz CT molecular complexity index is 434. The second-order valence-electron chi connectivity index (χ2n) is 7.55. The van der Waals surface area contributed by atoms with E-state index in [1.54, 1.807) is 21.7 Å². The molecule has 2 N–H and O–H groups in total. The molecule has 1 amide bonds. The highest BCUT2D eigenvalue weighted by Gasteiger charge is 2.34. The largest absolute Gasteiger partial charge is 0.315 e. The Morgan fingerprint density at radius 3 is 2.55 bits per heavy atom. The molecule has 0 aromatic carbocycles. The van der Waals surface area contributed by atoms with Crippen LogP contribution in [-0.4, -0.2) is 46.1 Å². The van der Waals surface area contributed by atoms with Gasteiger partial charge in [0.15, 0.2) is 0 Å². The first-order chi connectivity index (χ1) is 10.3. The predicted octanol–water partition coefficient (Wildman–Crippen LogP) is 2.19. The third kappa shape index (κ3) is 4.15. The van der Waals surface area contributed by atoms with Gasteiger partial charge in [-0.2, -0.15) is 5.26 Å². The Hall–Kier alpha value is -0.770. The van der Waals surface area contributed by atoms with E-state index in [-0.39, 0.29) is 18.5 Å². The van der Waals surface area contributed by atoms with Gasteiger partial charge < -0.3 is 4.90 Å². The van der Waals surface area contributed by atoms with Crippen molar-refractivity contribution in [3.63, 3.8) is 0 Å². The van der Waals surface area contributed by atoms with Crippen LogP contribution in [-0.2, 0) is 4.79 Å². The number of carbonyl (C=O) groups excluding carboxylic acids is 1. The van der Waals surface area contributed by atoms with Crippen LogP contribution in [0.1, 0.15) is 46.5 Å². The second-order valence-corrected chi connectivity index (χ2v) is 8.55. The number of rotatable bonds is 3. The summed E-state index contributed by atoms with van der Waals surface area (Å²) in [6.45, 7) is 7.13. The molecule has 0 aromatic rings. The van der Waals surface area contributed by atoms with E-state index in [9.17, 15) is 4.79 Å². The van der Waals surface area contributed by atoms with Gasteiger partial charge in [0.05, 0.1) is 18.5 Å². The highest BCUT2D eigenvalue weighted by atomic mass is 32.2. The zero-order valence-corrected chi connectivity index (χ0v) is 14.7. The smallest absolute Gasteiger partial charge is 0.239 e. The Morgan fingerprint density at radius 1 is 1.36 bits per heavy atom. The van der Waals surface area contributed by atoms with E-state index >= 15 is 0 Å². The quantitative estimate of drug-likeness (QED) is 0.636. The summed E-state index contributed by atoms with van der Waals surface area (Å²) < 4.78 is 0. The summed E-state index contributed by atoms with van der Waals surface area (Å²) in [6.07, 6.45) is 4.47. The fraction of sp³-hybridized carbons (Fsp3) is 0.875. The Labute approximate surface area is 138 Å². The highest BCUT2D eigenvalue weighted by molar-refractivity contribution is 7.99. The van der Waals surface area contributed by atoms with Gasteiger partial charge in [-0.05, 0) is 37.0 Å². The number of hydrogen-bond acceptors (Lipinski definition) is 5. The molecule has 0 spiro atoms. The lowest BCUT2D eigenvalue weighted by atomic mass is 9.71. The van der Waals surface area contributed by atoms with Crippen molar-refractivity contribution in [2.24, 2.45) is 17.2 Å². The van der Waals surface area contributed by atoms with E-state index in [1.165, 1.54) is 12.8 Å². The number of nitrogens with zero attached hydrogens (tertiary/aromatic N) is 3. The molecular weight excluding hydrogens is 296 g/mol. The number of carbonyl (C=O) groups is 1. The van der Waals surface area contributed by atoms with Gasteiger partial charge >= 0.3 is 0 Å². The lowest BCUT2D eigenvalue weighted by molar-refractivity contribution is -0.132. The number of nitrogens with two attached hydrogens (primary N) is 1. The molecule has 5 nitrogen and oxygen atoms in total. The molecule has 1 unspecified atom stereocenters. The van der Waals surface area contributed by atoms with Crippen molar-refractivity contribution < 1.29 is 4.79 Å². The van der Waals surface area contributed by atoms with Crippen molar-refractivity contribution in [1.29, 1.82) is 5.26 Å². The number of amides is 1. The van der Waals surface area contributed by atoms with Crippen molar-refractivity contribution in [3.05, 3.63) is 0 Å². The second kappa shape index (κ2) is 7.20. The summed E-state index contributed by atoms with van der Waals surface area (Å²) in [5, 5.41) is 10.8. The summed E-state index contributed by atoms with van der Waals surface area (Å²) in [6, 6.07) is 2.20. The minimum Gasteiger partial charge on any atom is -0.315 e. The summed E-state index contributed by atoms with van der Waals surface area (Å²) in [7, 11) is 0. The van der Waals surface area contributed by atoms with E-state index in [1.807, 2.05) is 0 Å². The van der Waals surface area contributed by atoms with Crippen molar-refractivity contribution in [1.82, 2.24) is 9.91 Å². The maximum absolute atomic E-state index is 12.3. The van der Waals surface area contributed by atoms with Gasteiger partial charge in [-0.25, -0.2) is 5.01 Å². The van der Waals surface area contributed by atoms with Gasteiger partial charge in [-0.3, -0.25) is 10.6 Å². The Morgan fingerprint density at radius 2 is 2.00 bits per heavy atom. The number of nitriles is 1. The molecule has 2 rings (SSSR count). The first kappa shape index (κ1) is 17.6. The fourth-order valence-electron chi connectivity index (χ4n) is 3.44. The average molecular weight is 324 g/mol. The van der Waals surface area contributed by atoms with Crippen LogP contribution >= 0.6 is 11.8 Å². The molecule has 1 saturated carbocycles. The van der Waals surface area contributed by atoms with Crippen LogP contribution in [0.15, 0.2) is 0 Å². The molecule has 1 saturated heterocycles. The minimum atomic E-state index is -0.289. The molecule has 0 radical (unpaired) electrons. The number of hydrogen-bond donors (Lipinski definition) is 1. The SMILES string of the molecule is CC(C)(C)C1CCC(N(N)CC(=O)N2CSCC2C#N)CC1. The average Bonchev–Trinajstić information content (AvgIpc) is 2.95. The molecular formula is C16H28N4OS. The molecule has 6 heteroatoms. The summed E-state index contributed by atoms with van der Waals surface area (Å²) in [5.74, 6) is 8.20. The maximum atomic E-state index is 12.3. The Kier molecular flexibility index (Phi) is 5.76. The van der Waals surface area contributed by atoms with Crippen molar-refractivity contribution in [3.8, 4) is 6.07 Å². The normalized spacial score (nSPS) is 29.6. The van der Waals surface area contributed by atoms with Gasteiger partial charge in [0.1, 0.15) is 6.04 Å². The molecule has 22 heavy (non-hydrogen) atoms. The minimum absolute atomic E-state index is 0.0167. The maximum Gasteiger partial charge on any atom is 0.239 e. The topological polar surface area (TPSA) is 73.4 Å². The zero-order chi connectivity index (χ0) is 16.3. The molecule has 0 bridgehead atoms. The van der Waals surface area contributed by atoms with Crippen molar-refractivity contribution in [2.75, 3.05) is 18.2 Å². The van der Waals surface area contributed by atoms with E-state index < -0.39 is 0 Å². The molecule has 1 heterocycles. The predicted molar refractivity (Wildman–Crippen MR) is 89.7 cm³/mol. The van der Waals surface area contributed by atoms with Gasteiger partial charge in [-0.1, -0.05) is 20.8 Å². The van der Waals surface area contributed by atoms with E-state index in [0.717, 1.165) is 18.8 Å². The zero-order valence-electron chi connectivity index (χ0n) is 13.9. The molecule has 124 valence electrons. The van der Waals surface area contributed by atoms with Gasteiger partial charge in [-0.15, -0.1) is 11.8 Å². The molecule has 2 aliphatic rings. The van der Waals surface area contributed by atoms with Crippen LogP contribution < -0.4 is 5.84 Å². The third-order valence-corrected chi connectivity index (χ3v) is 6.07. The van der Waals surface area contributed by atoms with Gasteiger partial charge in [0.2, 0.25) is 5.91 Å². The molecule has 1 aliphatic heterocycles. The molecule has 1 aliphatic carbocycles. The standard InChI is InChI=1S/C16H28N4OS/c1-16(2,3)12-4-6-13(7-5-12)20(18)9-15(21)19-11-22-10-14(19)8-17/h12-14H,4-7,9-11,18H2,1-3H3. The summed E-state index contributed by atoms with van der Waals surface area (Å²) >= 11 is 1.63.